The fourth-order valence-corrected chi connectivity index (χ4v) is 1.24. The summed E-state index contributed by atoms with van der Waals surface area (Å²) < 4.78 is 0. The van der Waals surface area contributed by atoms with Crippen molar-refractivity contribution in [1.82, 2.24) is 0 Å². The van der Waals surface area contributed by atoms with Crippen LogP contribution < -0.4 is 11.5 Å². The zero-order valence-corrected chi connectivity index (χ0v) is 8.45. The molecule has 14 heavy (non-hydrogen) atoms. The van der Waals surface area contributed by atoms with Crippen LogP contribution >= 0.6 is 0 Å². The molecule has 0 atom stereocenters. The van der Waals surface area contributed by atoms with Crippen molar-refractivity contribution in [1.29, 1.82) is 0 Å². The Labute approximate surface area is 83.5 Å². The third-order valence-electron chi connectivity index (χ3n) is 2.05. The van der Waals surface area contributed by atoms with Crippen LogP contribution in [0.1, 0.15) is 16.7 Å². The van der Waals surface area contributed by atoms with Crippen molar-refractivity contribution in [2.45, 2.75) is 13.5 Å². The lowest BCUT2D eigenvalue weighted by Gasteiger charge is -2.05. The molecule has 0 radical (unpaired) electrons. The summed E-state index contributed by atoms with van der Waals surface area (Å²) in [5.74, 6) is 0.374. The molecule has 0 spiro atoms. The minimum absolute atomic E-state index is 0.374. The van der Waals surface area contributed by atoms with E-state index in [9.17, 15) is 0 Å². The van der Waals surface area contributed by atoms with Crippen LogP contribution in [0.3, 0.4) is 0 Å². The molecule has 0 aliphatic heterocycles. The smallest absolute Gasteiger partial charge is 0.170 e. The average molecular weight is 193 g/mol. The number of aryl methyl sites for hydroxylation is 1. The van der Waals surface area contributed by atoms with Gasteiger partial charge in [-0.25, -0.2) is 0 Å². The highest BCUT2D eigenvalue weighted by Gasteiger charge is 2.02. The van der Waals surface area contributed by atoms with Crippen LogP contribution in [0.4, 0.5) is 0 Å². The number of benzene rings is 1. The van der Waals surface area contributed by atoms with E-state index in [4.69, 9.17) is 11.5 Å². The van der Waals surface area contributed by atoms with E-state index in [2.05, 4.69) is 9.99 Å². The predicted octanol–water partition coefficient (Wildman–Crippen LogP) is 0.720. The fraction of sp³-hybridized carbons (Fsp3) is 0.300. The molecule has 0 bridgehead atoms. The maximum absolute atomic E-state index is 5.66. The maximum Gasteiger partial charge on any atom is 0.170 e. The highest BCUT2D eigenvalue weighted by Crippen LogP contribution is 2.10. The molecular weight excluding hydrogens is 178 g/mol. The third kappa shape index (κ3) is 2.23. The third-order valence-corrected chi connectivity index (χ3v) is 2.05. The Hall–Kier alpha value is -1.55. The van der Waals surface area contributed by atoms with Crippen LogP contribution in [0, 0.1) is 6.92 Å². The second-order valence-corrected chi connectivity index (χ2v) is 3.00. The summed E-state index contributed by atoms with van der Waals surface area (Å²) in [5.41, 5.74) is 14.3. The molecule has 0 amide bonds. The summed E-state index contributed by atoms with van der Waals surface area (Å²) in [6, 6.07) is 5.77. The van der Waals surface area contributed by atoms with Crippen LogP contribution in [0.2, 0.25) is 0 Å². The van der Waals surface area contributed by atoms with Crippen molar-refractivity contribution < 1.29 is 4.84 Å². The summed E-state index contributed by atoms with van der Waals surface area (Å²) in [6.45, 7) is 2.53. The molecule has 4 N–H and O–H groups in total. The lowest BCUT2D eigenvalue weighted by molar-refractivity contribution is 0.213. The molecule has 76 valence electrons. The lowest BCUT2D eigenvalue weighted by Crippen LogP contribution is -2.14. The van der Waals surface area contributed by atoms with Crippen molar-refractivity contribution in [2.75, 3.05) is 7.11 Å². The lowest BCUT2D eigenvalue weighted by atomic mass is 10.0. The first-order valence-electron chi connectivity index (χ1n) is 4.35. The number of hydrogen-bond acceptors (Lipinski definition) is 3. The summed E-state index contributed by atoms with van der Waals surface area (Å²) in [4.78, 5) is 4.59. The van der Waals surface area contributed by atoms with Crippen LogP contribution in [-0.2, 0) is 11.4 Å². The van der Waals surface area contributed by atoms with Gasteiger partial charge in [-0.2, -0.15) is 0 Å². The molecule has 0 aliphatic rings. The van der Waals surface area contributed by atoms with Gasteiger partial charge >= 0.3 is 0 Å². The van der Waals surface area contributed by atoms with E-state index in [0.29, 0.717) is 12.4 Å². The van der Waals surface area contributed by atoms with Crippen molar-refractivity contribution in [3.8, 4) is 0 Å². The van der Waals surface area contributed by atoms with Gasteiger partial charge in [0.15, 0.2) is 5.84 Å². The van der Waals surface area contributed by atoms with Gasteiger partial charge in [0.05, 0.1) is 0 Å². The minimum atomic E-state index is 0.374. The molecule has 4 heteroatoms. The topological polar surface area (TPSA) is 73.6 Å². The van der Waals surface area contributed by atoms with Crippen LogP contribution in [0.5, 0.6) is 0 Å². The van der Waals surface area contributed by atoms with E-state index in [1.165, 1.54) is 7.11 Å². The Morgan fingerprint density at radius 2 is 2.21 bits per heavy atom. The Morgan fingerprint density at radius 1 is 1.50 bits per heavy atom. The van der Waals surface area contributed by atoms with E-state index in [1.54, 1.807) is 0 Å². The molecule has 0 aliphatic carbocycles. The molecule has 0 saturated heterocycles. The molecule has 1 aromatic rings. The van der Waals surface area contributed by atoms with E-state index in [0.717, 1.165) is 16.7 Å². The van der Waals surface area contributed by atoms with Gasteiger partial charge in [-0.05, 0) is 24.1 Å². The SMILES string of the molecule is CON=C(N)c1ccc(CN)c(C)c1. The maximum atomic E-state index is 5.66. The monoisotopic (exact) mass is 193 g/mol. The number of amidine groups is 1. The summed E-state index contributed by atoms with van der Waals surface area (Å²) in [5, 5.41) is 3.65. The Morgan fingerprint density at radius 3 is 2.71 bits per heavy atom. The first kappa shape index (κ1) is 10.5. The first-order valence-corrected chi connectivity index (χ1v) is 4.35. The van der Waals surface area contributed by atoms with Crippen molar-refractivity contribution in [2.24, 2.45) is 16.6 Å². The molecule has 0 aromatic heterocycles. The molecule has 1 aromatic carbocycles. The zero-order chi connectivity index (χ0) is 10.6. The Kier molecular flexibility index (Phi) is 3.48. The second kappa shape index (κ2) is 4.62. The standard InChI is InChI=1S/C10H15N3O/c1-7-5-8(10(12)13-14-2)3-4-9(7)6-11/h3-5H,6,11H2,1-2H3,(H2,12,13). The van der Waals surface area contributed by atoms with Gasteiger partial charge in [0.1, 0.15) is 7.11 Å². The second-order valence-electron chi connectivity index (χ2n) is 3.00. The van der Waals surface area contributed by atoms with Crippen molar-refractivity contribution >= 4 is 5.84 Å². The van der Waals surface area contributed by atoms with Gasteiger partial charge in [-0.3, -0.25) is 0 Å². The zero-order valence-electron chi connectivity index (χ0n) is 8.45. The van der Waals surface area contributed by atoms with Crippen LogP contribution in [0.25, 0.3) is 0 Å². The minimum Gasteiger partial charge on any atom is -0.397 e. The molecule has 4 nitrogen and oxygen atoms in total. The number of hydrogen-bond donors (Lipinski definition) is 2. The average Bonchev–Trinajstić information content (AvgIpc) is 2.18. The number of rotatable bonds is 3. The normalized spacial score (nSPS) is 11.5. The van der Waals surface area contributed by atoms with Gasteiger partial charge in [0, 0.05) is 12.1 Å². The molecule has 0 heterocycles. The number of nitrogens with two attached hydrogens (primary N) is 2. The highest BCUT2D eigenvalue weighted by atomic mass is 16.6. The van der Waals surface area contributed by atoms with Gasteiger partial charge in [-0.1, -0.05) is 17.3 Å². The van der Waals surface area contributed by atoms with Crippen molar-refractivity contribution in [3.63, 3.8) is 0 Å². The number of nitrogens with zero attached hydrogens (tertiary/aromatic N) is 1. The van der Waals surface area contributed by atoms with Crippen LogP contribution in [-0.4, -0.2) is 12.9 Å². The van der Waals surface area contributed by atoms with Gasteiger partial charge in [0.2, 0.25) is 0 Å². The molecule has 1 rings (SSSR count). The van der Waals surface area contributed by atoms with E-state index in [-0.39, 0.29) is 0 Å². The molecule has 0 fully saturated rings. The van der Waals surface area contributed by atoms with Crippen LogP contribution in [0.15, 0.2) is 23.4 Å². The van der Waals surface area contributed by atoms with Gasteiger partial charge < -0.3 is 16.3 Å². The van der Waals surface area contributed by atoms with Gasteiger partial charge in [-0.15, -0.1) is 0 Å². The predicted molar refractivity (Wildman–Crippen MR) is 56.8 cm³/mol. The number of oxime groups is 1. The van der Waals surface area contributed by atoms with E-state index >= 15 is 0 Å². The fourth-order valence-electron chi connectivity index (χ4n) is 1.24. The molecule has 0 unspecified atom stereocenters. The first-order chi connectivity index (χ1) is 6.69. The molecular formula is C10H15N3O. The Balaban J connectivity index is 3.02. The quantitative estimate of drug-likeness (QED) is 0.422. The molecule has 0 saturated carbocycles. The Bertz CT molecular complexity index is 347. The summed E-state index contributed by atoms with van der Waals surface area (Å²) in [6.07, 6.45) is 0. The van der Waals surface area contributed by atoms with Gasteiger partial charge in [0.25, 0.3) is 0 Å². The van der Waals surface area contributed by atoms with E-state index in [1.807, 2.05) is 25.1 Å². The summed E-state index contributed by atoms with van der Waals surface area (Å²) >= 11 is 0. The van der Waals surface area contributed by atoms with E-state index < -0.39 is 0 Å². The summed E-state index contributed by atoms with van der Waals surface area (Å²) in [7, 11) is 1.47. The largest absolute Gasteiger partial charge is 0.397 e. The highest BCUT2D eigenvalue weighted by molar-refractivity contribution is 5.97. The van der Waals surface area contributed by atoms with Crippen molar-refractivity contribution in [3.05, 3.63) is 34.9 Å².